The lowest BCUT2D eigenvalue weighted by molar-refractivity contribution is 0.415. The van der Waals surface area contributed by atoms with Gasteiger partial charge in [-0.1, -0.05) is 12.1 Å². The molecule has 0 heterocycles. The van der Waals surface area contributed by atoms with Crippen molar-refractivity contribution >= 4 is 6.21 Å². The van der Waals surface area contributed by atoms with Gasteiger partial charge in [0, 0.05) is 12.3 Å². The molecule has 0 atom stereocenters. The van der Waals surface area contributed by atoms with E-state index in [2.05, 4.69) is 18.8 Å². The second-order valence-electron chi connectivity index (χ2n) is 3.15. The van der Waals surface area contributed by atoms with E-state index in [0.29, 0.717) is 6.04 Å². The fourth-order valence-corrected chi connectivity index (χ4v) is 0.957. The second kappa shape index (κ2) is 4.65. The van der Waals surface area contributed by atoms with Crippen molar-refractivity contribution in [2.24, 2.45) is 4.99 Å². The molecular formula is C11H15NO. The van der Waals surface area contributed by atoms with Gasteiger partial charge in [-0.3, -0.25) is 4.99 Å². The molecule has 0 aromatic heterocycles. The van der Waals surface area contributed by atoms with Crippen LogP contribution in [0.5, 0.6) is 5.75 Å². The molecule has 0 bridgehead atoms. The highest BCUT2D eigenvalue weighted by molar-refractivity contribution is 5.80. The second-order valence-corrected chi connectivity index (χ2v) is 3.15. The Morgan fingerprint density at radius 1 is 1.38 bits per heavy atom. The monoisotopic (exact) mass is 177 g/mol. The zero-order chi connectivity index (χ0) is 9.68. The van der Waals surface area contributed by atoms with E-state index in [1.807, 2.05) is 30.5 Å². The number of methoxy groups -OCH3 is 1. The third-order valence-electron chi connectivity index (χ3n) is 1.62. The number of rotatable bonds is 3. The van der Waals surface area contributed by atoms with Crippen LogP contribution in [0.2, 0.25) is 0 Å². The molecule has 1 aromatic carbocycles. The third kappa shape index (κ3) is 3.28. The highest BCUT2D eigenvalue weighted by atomic mass is 16.5. The largest absolute Gasteiger partial charge is 0.497 e. The van der Waals surface area contributed by atoms with Gasteiger partial charge in [-0.05, 0) is 31.5 Å². The number of hydrogen-bond acceptors (Lipinski definition) is 2. The molecule has 0 saturated heterocycles. The van der Waals surface area contributed by atoms with Crippen molar-refractivity contribution in [3.05, 3.63) is 29.8 Å². The predicted molar refractivity (Wildman–Crippen MR) is 55.7 cm³/mol. The molecule has 1 aromatic rings. The van der Waals surface area contributed by atoms with Crippen LogP contribution in [0.25, 0.3) is 0 Å². The van der Waals surface area contributed by atoms with Gasteiger partial charge in [0.1, 0.15) is 5.75 Å². The van der Waals surface area contributed by atoms with Crippen LogP contribution in [-0.2, 0) is 0 Å². The molecule has 0 N–H and O–H groups in total. The minimum atomic E-state index is 0.339. The van der Waals surface area contributed by atoms with Crippen LogP contribution in [0.15, 0.2) is 29.3 Å². The molecule has 0 fully saturated rings. The van der Waals surface area contributed by atoms with Crippen molar-refractivity contribution in [1.82, 2.24) is 0 Å². The van der Waals surface area contributed by atoms with Gasteiger partial charge < -0.3 is 4.74 Å². The number of aliphatic imine (C=N–C) groups is 1. The summed E-state index contributed by atoms with van der Waals surface area (Å²) in [7, 11) is 1.67. The number of ether oxygens (including phenoxy) is 1. The molecule has 0 saturated carbocycles. The summed E-state index contributed by atoms with van der Waals surface area (Å²) in [5.41, 5.74) is 1.08. The van der Waals surface area contributed by atoms with E-state index in [1.165, 1.54) is 0 Å². The van der Waals surface area contributed by atoms with Crippen LogP contribution in [0.3, 0.4) is 0 Å². The molecule has 13 heavy (non-hydrogen) atoms. The van der Waals surface area contributed by atoms with Gasteiger partial charge in [-0.25, -0.2) is 0 Å². The van der Waals surface area contributed by atoms with E-state index < -0.39 is 0 Å². The van der Waals surface area contributed by atoms with E-state index in [9.17, 15) is 0 Å². The highest BCUT2D eigenvalue weighted by Gasteiger charge is 1.92. The van der Waals surface area contributed by atoms with Gasteiger partial charge >= 0.3 is 0 Å². The first-order valence-electron chi connectivity index (χ1n) is 4.39. The lowest BCUT2D eigenvalue weighted by Gasteiger charge is -2.00. The van der Waals surface area contributed by atoms with Crippen LogP contribution in [0.1, 0.15) is 19.4 Å². The van der Waals surface area contributed by atoms with E-state index in [4.69, 9.17) is 4.74 Å². The molecule has 1 rings (SSSR count). The molecule has 0 aliphatic carbocycles. The average molecular weight is 177 g/mol. The first-order valence-corrected chi connectivity index (χ1v) is 4.39. The minimum Gasteiger partial charge on any atom is -0.497 e. The fraction of sp³-hybridized carbons (Fsp3) is 0.364. The Hall–Kier alpha value is -1.31. The summed E-state index contributed by atoms with van der Waals surface area (Å²) in [4.78, 5) is 4.29. The SMILES string of the molecule is COc1cccc(/C=N/C(C)C)c1. The summed E-state index contributed by atoms with van der Waals surface area (Å²) in [6, 6.07) is 8.19. The quantitative estimate of drug-likeness (QED) is 0.650. The van der Waals surface area contributed by atoms with E-state index in [-0.39, 0.29) is 0 Å². The van der Waals surface area contributed by atoms with Gasteiger partial charge in [-0.15, -0.1) is 0 Å². The van der Waals surface area contributed by atoms with E-state index in [1.54, 1.807) is 7.11 Å². The van der Waals surface area contributed by atoms with Crippen molar-refractivity contribution in [1.29, 1.82) is 0 Å². The predicted octanol–water partition coefficient (Wildman–Crippen LogP) is 2.52. The Balaban J connectivity index is 2.77. The zero-order valence-electron chi connectivity index (χ0n) is 8.32. The molecule has 0 aliphatic heterocycles. The maximum Gasteiger partial charge on any atom is 0.119 e. The maximum atomic E-state index is 5.10. The highest BCUT2D eigenvalue weighted by Crippen LogP contribution is 2.10. The summed E-state index contributed by atoms with van der Waals surface area (Å²) in [5.74, 6) is 0.868. The van der Waals surface area contributed by atoms with Gasteiger partial charge in [0.15, 0.2) is 0 Å². The Morgan fingerprint density at radius 2 is 2.15 bits per heavy atom. The van der Waals surface area contributed by atoms with E-state index >= 15 is 0 Å². The van der Waals surface area contributed by atoms with Gasteiger partial charge in [-0.2, -0.15) is 0 Å². The van der Waals surface area contributed by atoms with Crippen molar-refractivity contribution in [3.8, 4) is 5.75 Å². The first kappa shape index (κ1) is 9.78. The average Bonchev–Trinajstić information content (AvgIpc) is 2.15. The summed E-state index contributed by atoms with van der Waals surface area (Å²) >= 11 is 0. The summed E-state index contributed by atoms with van der Waals surface area (Å²) < 4.78 is 5.10. The lowest BCUT2D eigenvalue weighted by Crippen LogP contribution is -1.91. The van der Waals surface area contributed by atoms with Crippen molar-refractivity contribution in [3.63, 3.8) is 0 Å². The molecule has 2 heteroatoms. The summed E-state index contributed by atoms with van der Waals surface area (Å²) in [6.45, 7) is 4.10. The molecule has 0 spiro atoms. The van der Waals surface area contributed by atoms with Crippen molar-refractivity contribution in [2.45, 2.75) is 19.9 Å². The van der Waals surface area contributed by atoms with Crippen LogP contribution in [0, 0.1) is 0 Å². The van der Waals surface area contributed by atoms with E-state index in [0.717, 1.165) is 11.3 Å². The summed E-state index contributed by atoms with van der Waals surface area (Å²) in [5, 5.41) is 0. The maximum absolute atomic E-state index is 5.10. The first-order chi connectivity index (χ1) is 6.22. The van der Waals surface area contributed by atoms with Crippen LogP contribution < -0.4 is 4.74 Å². The number of nitrogens with zero attached hydrogens (tertiary/aromatic N) is 1. The van der Waals surface area contributed by atoms with Crippen molar-refractivity contribution in [2.75, 3.05) is 7.11 Å². The van der Waals surface area contributed by atoms with Gasteiger partial charge in [0.05, 0.1) is 7.11 Å². The van der Waals surface area contributed by atoms with Crippen LogP contribution >= 0.6 is 0 Å². The molecular weight excluding hydrogens is 162 g/mol. The van der Waals surface area contributed by atoms with Crippen LogP contribution in [0.4, 0.5) is 0 Å². The van der Waals surface area contributed by atoms with Crippen LogP contribution in [-0.4, -0.2) is 19.4 Å². The molecule has 0 radical (unpaired) electrons. The Bertz CT molecular complexity index is 292. The fourth-order valence-electron chi connectivity index (χ4n) is 0.957. The summed E-state index contributed by atoms with van der Waals surface area (Å²) in [6.07, 6.45) is 1.87. The molecule has 70 valence electrons. The normalized spacial score (nSPS) is 11.1. The van der Waals surface area contributed by atoms with Crippen molar-refractivity contribution < 1.29 is 4.74 Å². The lowest BCUT2D eigenvalue weighted by atomic mass is 10.2. The molecule has 0 unspecified atom stereocenters. The van der Waals surface area contributed by atoms with Gasteiger partial charge in [0.25, 0.3) is 0 Å². The smallest absolute Gasteiger partial charge is 0.119 e. The Labute approximate surface area is 79.3 Å². The number of hydrogen-bond donors (Lipinski definition) is 0. The minimum absolute atomic E-state index is 0.339. The molecule has 2 nitrogen and oxygen atoms in total. The standard InChI is InChI=1S/C11H15NO/c1-9(2)12-8-10-5-4-6-11(7-10)13-3/h4-9H,1-3H3/b12-8+. The molecule has 0 aliphatic rings. The number of benzene rings is 1. The third-order valence-corrected chi connectivity index (χ3v) is 1.62. The van der Waals surface area contributed by atoms with Gasteiger partial charge in [0.2, 0.25) is 0 Å². The zero-order valence-corrected chi connectivity index (χ0v) is 8.32. The topological polar surface area (TPSA) is 21.6 Å². The Kier molecular flexibility index (Phi) is 3.50. The Morgan fingerprint density at radius 3 is 2.77 bits per heavy atom. The molecule has 0 amide bonds.